The summed E-state index contributed by atoms with van der Waals surface area (Å²) < 4.78 is 20.0. The van der Waals surface area contributed by atoms with Crippen molar-refractivity contribution in [3.63, 3.8) is 0 Å². The second kappa shape index (κ2) is 6.60. The number of urea groups is 1. The summed E-state index contributed by atoms with van der Waals surface area (Å²) in [4.78, 5) is 40.3. The van der Waals surface area contributed by atoms with E-state index < -0.39 is 17.4 Å². The number of benzene rings is 1. The zero-order valence-electron chi connectivity index (χ0n) is 16.8. The molecule has 0 unspecified atom stereocenters. The fraction of sp³-hybridized carbons (Fsp3) is 0.550. The zero-order chi connectivity index (χ0) is 21.0. The number of nitrogens with zero attached hydrogens (tertiary/aromatic N) is 3. The van der Waals surface area contributed by atoms with Crippen molar-refractivity contribution in [2.75, 3.05) is 42.5 Å². The van der Waals surface area contributed by atoms with Gasteiger partial charge in [-0.15, -0.1) is 0 Å². The van der Waals surface area contributed by atoms with E-state index >= 15 is 0 Å². The van der Waals surface area contributed by atoms with Crippen LogP contribution in [0.3, 0.4) is 0 Å². The van der Waals surface area contributed by atoms with Gasteiger partial charge in [-0.25, -0.2) is 14.0 Å². The van der Waals surface area contributed by atoms with Gasteiger partial charge in [0.15, 0.2) is 0 Å². The molecule has 29 heavy (non-hydrogen) atoms. The number of hydrogen-bond donors (Lipinski definition) is 1. The van der Waals surface area contributed by atoms with Crippen LogP contribution in [0.5, 0.6) is 0 Å². The average molecular weight is 404 g/mol. The first-order valence-corrected chi connectivity index (χ1v) is 9.69. The molecule has 3 aliphatic heterocycles. The quantitative estimate of drug-likeness (QED) is 0.818. The van der Waals surface area contributed by atoms with Crippen LogP contribution >= 0.6 is 0 Å². The van der Waals surface area contributed by atoms with Crippen LogP contribution in [0.15, 0.2) is 18.2 Å². The first-order chi connectivity index (χ1) is 13.6. The van der Waals surface area contributed by atoms with Gasteiger partial charge in [0.05, 0.1) is 5.69 Å². The van der Waals surface area contributed by atoms with E-state index in [2.05, 4.69) is 10.2 Å². The minimum atomic E-state index is -0.604. The summed E-state index contributed by atoms with van der Waals surface area (Å²) in [6.07, 6.45) is -0.148. The van der Waals surface area contributed by atoms with Crippen molar-refractivity contribution in [1.82, 2.24) is 10.2 Å². The highest BCUT2D eigenvalue weighted by molar-refractivity contribution is 6.05. The molecule has 1 N–H and O–H groups in total. The van der Waals surface area contributed by atoms with Crippen molar-refractivity contribution in [3.05, 3.63) is 24.0 Å². The molecule has 0 bridgehead atoms. The maximum absolute atomic E-state index is 14.6. The highest BCUT2D eigenvalue weighted by Gasteiger charge is 2.54. The van der Waals surface area contributed by atoms with E-state index in [1.165, 1.54) is 11.0 Å². The Labute approximate surface area is 168 Å². The van der Waals surface area contributed by atoms with Crippen LogP contribution in [0.4, 0.5) is 25.4 Å². The topological polar surface area (TPSA) is 82.2 Å². The molecule has 0 radical (unpaired) electrons. The normalized spacial score (nSPS) is 20.9. The van der Waals surface area contributed by atoms with E-state index in [1.807, 2.05) is 20.8 Å². The number of anilines is 2. The summed E-state index contributed by atoms with van der Waals surface area (Å²) >= 11 is 0. The van der Waals surface area contributed by atoms with Gasteiger partial charge in [0.2, 0.25) is 5.91 Å². The summed E-state index contributed by atoms with van der Waals surface area (Å²) in [5.41, 5.74) is 0.428. The first-order valence-electron chi connectivity index (χ1n) is 9.69. The van der Waals surface area contributed by atoms with Crippen LogP contribution < -0.4 is 15.1 Å². The number of carbonyl (C=O) groups is 3. The zero-order valence-corrected chi connectivity index (χ0v) is 16.8. The number of amides is 4. The number of rotatable bonds is 2. The Morgan fingerprint density at radius 2 is 1.86 bits per heavy atom. The monoisotopic (exact) mass is 404 g/mol. The summed E-state index contributed by atoms with van der Waals surface area (Å²) in [6, 6.07) is 4.15. The fourth-order valence-corrected chi connectivity index (χ4v) is 4.07. The number of imide groups is 1. The van der Waals surface area contributed by atoms with Gasteiger partial charge in [-0.1, -0.05) is 0 Å². The molecular weight excluding hydrogens is 379 g/mol. The molecule has 8 nitrogen and oxygen atoms in total. The number of hydrogen-bond acceptors (Lipinski definition) is 5. The van der Waals surface area contributed by atoms with Crippen LogP contribution in [-0.2, 0) is 9.53 Å². The molecule has 3 aliphatic rings. The lowest BCUT2D eigenvalue weighted by atomic mass is 9.73. The maximum Gasteiger partial charge on any atom is 0.410 e. The smallest absolute Gasteiger partial charge is 0.410 e. The number of carbonyl (C=O) groups excluding carboxylic acids is 3. The van der Waals surface area contributed by atoms with Gasteiger partial charge in [0.1, 0.15) is 11.4 Å². The molecule has 1 aromatic rings. The molecule has 9 heteroatoms. The second-order valence-corrected chi connectivity index (χ2v) is 9.08. The Morgan fingerprint density at radius 1 is 1.17 bits per heavy atom. The van der Waals surface area contributed by atoms with Gasteiger partial charge in [-0.05, 0) is 39.0 Å². The summed E-state index contributed by atoms with van der Waals surface area (Å²) in [5.74, 6) is -0.855. The van der Waals surface area contributed by atoms with Crippen LogP contribution in [0.2, 0.25) is 0 Å². The third-order valence-corrected chi connectivity index (χ3v) is 5.40. The molecular formula is C20H25FN4O4. The van der Waals surface area contributed by atoms with Gasteiger partial charge in [0, 0.05) is 50.2 Å². The average Bonchev–Trinajstić information content (AvgIpc) is 2.51. The van der Waals surface area contributed by atoms with Crippen molar-refractivity contribution in [1.29, 1.82) is 0 Å². The van der Waals surface area contributed by atoms with E-state index in [9.17, 15) is 18.8 Å². The lowest BCUT2D eigenvalue weighted by Crippen LogP contribution is -2.73. The number of likely N-dealkylation sites (tertiary alicyclic amines) is 1. The van der Waals surface area contributed by atoms with Gasteiger partial charge in [0.25, 0.3) is 0 Å². The SMILES string of the molecule is CC(C)(C)OC(=O)N1CC2(C1)CN(c1ccc(N3CCC(=O)NC3=O)c(F)c1)C2. The maximum atomic E-state index is 14.6. The Bertz CT molecular complexity index is 868. The molecule has 3 heterocycles. The minimum Gasteiger partial charge on any atom is -0.444 e. The largest absolute Gasteiger partial charge is 0.444 e. The molecule has 3 saturated heterocycles. The summed E-state index contributed by atoms with van der Waals surface area (Å²) in [7, 11) is 0. The van der Waals surface area contributed by atoms with Crippen molar-refractivity contribution in [2.45, 2.75) is 32.8 Å². The number of halogens is 1. The Kier molecular flexibility index (Phi) is 4.43. The van der Waals surface area contributed by atoms with Crippen LogP contribution in [-0.4, -0.2) is 61.3 Å². The predicted molar refractivity (Wildman–Crippen MR) is 104 cm³/mol. The predicted octanol–water partition coefficient (Wildman–Crippen LogP) is 2.33. The molecule has 0 aromatic heterocycles. The molecule has 0 aliphatic carbocycles. The third-order valence-electron chi connectivity index (χ3n) is 5.40. The molecule has 0 atom stereocenters. The van der Waals surface area contributed by atoms with Crippen molar-refractivity contribution >= 4 is 29.4 Å². The lowest BCUT2D eigenvalue weighted by molar-refractivity contribution is -0.120. The van der Waals surface area contributed by atoms with Crippen molar-refractivity contribution in [3.8, 4) is 0 Å². The van der Waals surface area contributed by atoms with Gasteiger partial charge in [-0.2, -0.15) is 0 Å². The highest BCUT2D eigenvalue weighted by Crippen LogP contribution is 2.43. The van der Waals surface area contributed by atoms with Gasteiger partial charge < -0.3 is 14.5 Å². The van der Waals surface area contributed by atoms with Gasteiger partial charge >= 0.3 is 12.1 Å². The lowest BCUT2D eigenvalue weighted by Gasteiger charge is -2.60. The standard InChI is InChI=1S/C20H25FN4O4/c1-19(2,3)29-18(28)24-11-20(12-24)9-23(10-20)13-4-5-15(14(21)8-13)25-7-6-16(26)22-17(25)27/h4-5,8H,6-7,9-12H2,1-3H3,(H,22,26,27). The fourth-order valence-electron chi connectivity index (χ4n) is 4.07. The van der Waals surface area contributed by atoms with Crippen molar-refractivity contribution in [2.24, 2.45) is 5.41 Å². The van der Waals surface area contributed by atoms with Crippen molar-refractivity contribution < 1.29 is 23.5 Å². The van der Waals surface area contributed by atoms with E-state index in [-0.39, 0.29) is 36.1 Å². The Hall–Kier alpha value is -2.84. The summed E-state index contributed by atoms with van der Waals surface area (Å²) in [6.45, 7) is 8.45. The van der Waals surface area contributed by atoms with E-state index in [0.29, 0.717) is 13.1 Å². The number of nitrogens with one attached hydrogen (secondary N) is 1. The Balaban J connectivity index is 1.34. The molecule has 4 amide bonds. The molecule has 156 valence electrons. The third kappa shape index (κ3) is 3.73. The minimum absolute atomic E-state index is 0.0408. The van der Waals surface area contributed by atoms with E-state index in [4.69, 9.17) is 4.74 Å². The molecule has 1 spiro atoms. The van der Waals surface area contributed by atoms with E-state index in [0.717, 1.165) is 18.8 Å². The molecule has 4 rings (SSSR count). The van der Waals surface area contributed by atoms with Crippen LogP contribution in [0, 0.1) is 11.2 Å². The second-order valence-electron chi connectivity index (χ2n) is 9.08. The number of ether oxygens (including phenoxy) is 1. The first kappa shape index (κ1) is 19.5. The molecule has 0 saturated carbocycles. The Morgan fingerprint density at radius 3 is 2.45 bits per heavy atom. The van der Waals surface area contributed by atoms with E-state index in [1.54, 1.807) is 17.0 Å². The van der Waals surface area contributed by atoms with Crippen LogP contribution in [0.25, 0.3) is 0 Å². The van der Waals surface area contributed by atoms with Crippen LogP contribution in [0.1, 0.15) is 27.2 Å². The molecule has 1 aromatic carbocycles. The summed E-state index contributed by atoms with van der Waals surface area (Å²) in [5, 5.41) is 2.20. The highest BCUT2D eigenvalue weighted by atomic mass is 19.1. The van der Waals surface area contributed by atoms with Gasteiger partial charge in [-0.3, -0.25) is 15.0 Å². The molecule has 3 fully saturated rings.